The molecule has 15 heavy (non-hydrogen) atoms. The Hall–Kier alpha value is -0.740. The van der Waals surface area contributed by atoms with Crippen LogP contribution in [0, 0.1) is 11.7 Å². The second kappa shape index (κ2) is 4.02. The van der Waals surface area contributed by atoms with E-state index in [0.717, 1.165) is 0 Å². The van der Waals surface area contributed by atoms with Gasteiger partial charge in [-0.1, -0.05) is 15.9 Å². The molecule has 1 N–H and O–H groups in total. The Morgan fingerprint density at radius 1 is 1.53 bits per heavy atom. The van der Waals surface area contributed by atoms with E-state index in [2.05, 4.69) is 15.9 Å². The maximum absolute atomic E-state index is 13.5. The van der Waals surface area contributed by atoms with Gasteiger partial charge in [0.15, 0.2) is 5.78 Å². The van der Waals surface area contributed by atoms with Crippen LogP contribution in [0.2, 0.25) is 0 Å². The Bertz CT molecular complexity index is 417. The van der Waals surface area contributed by atoms with Gasteiger partial charge in [-0.2, -0.15) is 0 Å². The summed E-state index contributed by atoms with van der Waals surface area (Å²) in [5, 5.41) is 8.79. The van der Waals surface area contributed by atoms with E-state index in [4.69, 9.17) is 5.11 Å². The van der Waals surface area contributed by atoms with E-state index < -0.39 is 0 Å². The number of carbonyl (C=O) groups excluding carboxylic acids is 1. The van der Waals surface area contributed by atoms with Crippen molar-refractivity contribution >= 4 is 21.7 Å². The molecule has 0 amide bonds. The highest BCUT2D eigenvalue weighted by Crippen LogP contribution is 2.32. The van der Waals surface area contributed by atoms with Crippen LogP contribution in [0.25, 0.3) is 0 Å². The van der Waals surface area contributed by atoms with Crippen molar-refractivity contribution in [2.45, 2.75) is 12.8 Å². The van der Waals surface area contributed by atoms with Crippen molar-refractivity contribution in [1.29, 1.82) is 0 Å². The highest BCUT2D eigenvalue weighted by Gasteiger charge is 2.32. The highest BCUT2D eigenvalue weighted by molar-refractivity contribution is 9.10. The first-order valence-corrected chi connectivity index (χ1v) is 5.55. The molecular formula is C11H10BrFO2. The average molecular weight is 273 g/mol. The Labute approximate surface area is 95.2 Å². The van der Waals surface area contributed by atoms with Gasteiger partial charge in [-0.15, -0.1) is 0 Å². The van der Waals surface area contributed by atoms with Crippen molar-refractivity contribution in [1.82, 2.24) is 0 Å². The van der Waals surface area contributed by atoms with Crippen LogP contribution < -0.4 is 0 Å². The number of benzene rings is 1. The molecule has 1 aliphatic rings. The topological polar surface area (TPSA) is 37.3 Å². The molecule has 0 radical (unpaired) electrons. The second-order valence-corrected chi connectivity index (χ2v) is 4.61. The van der Waals surface area contributed by atoms with Crippen LogP contribution in [-0.4, -0.2) is 17.5 Å². The summed E-state index contributed by atoms with van der Waals surface area (Å²) in [5.74, 6) is -0.652. The summed E-state index contributed by atoms with van der Waals surface area (Å²) in [6, 6.07) is 3.02. The number of aliphatic hydroxyl groups excluding tert-OH is 1. The van der Waals surface area contributed by atoms with Gasteiger partial charge in [0.05, 0.1) is 0 Å². The number of fused-ring (bicyclic) bond motifs is 1. The molecule has 1 aliphatic carbocycles. The van der Waals surface area contributed by atoms with E-state index in [9.17, 15) is 9.18 Å². The minimum absolute atomic E-state index is 0.0345. The summed E-state index contributed by atoms with van der Waals surface area (Å²) in [4.78, 5) is 11.8. The smallest absolute Gasteiger partial charge is 0.166 e. The van der Waals surface area contributed by atoms with Gasteiger partial charge < -0.3 is 5.11 Å². The molecule has 1 aromatic carbocycles. The first-order valence-electron chi connectivity index (χ1n) is 4.76. The van der Waals surface area contributed by atoms with E-state index in [-0.39, 0.29) is 24.1 Å². The first-order chi connectivity index (χ1) is 7.13. The molecular weight excluding hydrogens is 263 g/mol. The van der Waals surface area contributed by atoms with Gasteiger partial charge >= 0.3 is 0 Å². The number of aliphatic hydroxyl groups is 1. The maximum atomic E-state index is 13.5. The summed E-state index contributed by atoms with van der Waals surface area (Å²) in [6.07, 6.45) is 0.818. The summed E-state index contributed by atoms with van der Waals surface area (Å²) < 4.78 is 14.1. The highest BCUT2D eigenvalue weighted by atomic mass is 79.9. The maximum Gasteiger partial charge on any atom is 0.166 e. The van der Waals surface area contributed by atoms with Gasteiger partial charge in [-0.05, 0) is 30.5 Å². The van der Waals surface area contributed by atoms with Crippen molar-refractivity contribution in [3.63, 3.8) is 0 Å². The number of halogens is 2. The standard InChI is InChI=1S/C11H10BrFO2/c12-7-4-9-8(10(13)5-7)3-6(1-2-14)11(9)15/h4-6,14H,1-3H2/t6-/m1/s1. The molecule has 0 heterocycles. The molecule has 0 aliphatic heterocycles. The van der Waals surface area contributed by atoms with Gasteiger partial charge in [0, 0.05) is 22.6 Å². The molecule has 0 spiro atoms. The third kappa shape index (κ3) is 1.84. The molecule has 0 unspecified atom stereocenters. The SMILES string of the molecule is O=C1c2cc(Br)cc(F)c2C[C@H]1CCO. The van der Waals surface area contributed by atoms with E-state index >= 15 is 0 Å². The van der Waals surface area contributed by atoms with Gasteiger partial charge in [0.25, 0.3) is 0 Å². The van der Waals surface area contributed by atoms with Crippen LogP contribution in [0.5, 0.6) is 0 Å². The molecule has 2 nitrogen and oxygen atoms in total. The molecule has 1 atom stereocenters. The fourth-order valence-corrected chi connectivity index (χ4v) is 2.41. The normalized spacial score (nSPS) is 19.4. The number of Topliss-reactive ketones (excluding diaryl/α,β-unsaturated/α-hetero) is 1. The monoisotopic (exact) mass is 272 g/mol. The average Bonchev–Trinajstić information content (AvgIpc) is 2.47. The zero-order valence-electron chi connectivity index (χ0n) is 7.96. The quantitative estimate of drug-likeness (QED) is 0.897. The summed E-state index contributed by atoms with van der Waals surface area (Å²) in [5.41, 5.74) is 0.946. The first kappa shape index (κ1) is 10.8. The minimum Gasteiger partial charge on any atom is -0.396 e. The van der Waals surface area contributed by atoms with E-state index in [0.29, 0.717) is 28.4 Å². The molecule has 0 saturated carbocycles. The van der Waals surface area contributed by atoms with Crippen LogP contribution >= 0.6 is 15.9 Å². The number of ketones is 1. The van der Waals surface area contributed by atoms with Crippen LogP contribution in [-0.2, 0) is 6.42 Å². The zero-order chi connectivity index (χ0) is 11.0. The minimum atomic E-state index is -0.340. The van der Waals surface area contributed by atoms with Crippen molar-refractivity contribution in [2.24, 2.45) is 5.92 Å². The lowest BCUT2D eigenvalue weighted by Gasteiger charge is -2.02. The van der Waals surface area contributed by atoms with E-state index in [1.54, 1.807) is 6.07 Å². The van der Waals surface area contributed by atoms with Gasteiger partial charge in [-0.3, -0.25) is 4.79 Å². The number of hydrogen-bond donors (Lipinski definition) is 1. The number of carbonyl (C=O) groups is 1. The second-order valence-electron chi connectivity index (χ2n) is 3.69. The van der Waals surface area contributed by atoms with Crippen molar-refractivity contribution in [2.75, 3.05) is 6.61 Å². The Balaban J connectivity index is 2.41. The zero-order valence-corrected chi connectivity index (χ0v) is 9.55. The summed E-state index contributed by atoms with van der Waals surface area (Å²) in [6.45, 7) is -0.0345. The lowest BCUT2D eigenvalue weighted by Crippen LogP contribution is -2.10. The third-order valence-electron chi connectivity index (χ3n) is 2.72. The van der Waals surface area contributed by atoms with Crippen molar-refractivity contribution in [3.8, 4) is 0 Å². The molecule has 0 bridgehead atoms. The Kier molecular flexibility index (Phi) is 2.89. The van der Waals surface area contributed by atoms with Gasteiger partial charge in [0.1, 0.15) is 5.82 Å². The number of rotatable bonds is 2. The molecule has 0 fully saturated rings. The van der Waals surface area contributed by atoms with Crippen LogP contribution in [0.15, 0.2) is 16.6 Å². The fraction of sp³-hybridized carbons (Fsp3) is 0.364. The molecule has 0 aromatic heterocycles. The van der Waals surface area contributed by atoms with Crippen molar-refractivity contribution in [3.05, 3.63) is 33.5 Å². The molecule has 4 heteroatoms. The van der Waals surface area contributed by atoms with Crippen LogP contribution in [0.4, 0.5) is 4.39 Å². The largest absolute Gasteiger partial charge is 0.396 e. The Morgan fingerprint density at radius 2 is 2.27 bits per heavy atom. The lowest BCUT2D eigenvalue weighted by atomic mass is 10.0. The lowest BCUT2D eigenvalue weighted by molar-refractivity contribution is 0.0914. The van der Waals surface area contributed by atoms with Crippen LogP contribution in [0.3, 0.4) is 0 Å². The van der Waals surface area contributed by atoms with E-state index in [1.807, 2.05) is 0 Å². The number of hydrogen-bond acceptors (Lipinski definition) is 2. The van der Waals surface area contributed by atoms with Crippen molar-refractivity contribution < 1.29 is 14.3 Å². The molecule has 0 saturated heterocycles. The summed E-state index contributed by atoms with van der Waals surface area (Å²) >= 11 is 3.16. The predicted octanol–water partition coefficient (Wildman–Crippen LogP) is 2.33. The Morgan fingerprint density at radius 3 is 2.93 bits per heavy atom. The summed E-state index contributed by atoms with van der Waals surface area (Å²) in [7, 11) is 0. The van der Waals surface area contributed by atoms with Crippen LogP contribution in [0.1, 0.15) is 22.3 Å². The molecule has 80 valence electrons. The van der Waals surface area contributed by atoms with E-state index in [1.165, 1.54) is 6.07 Å². The van der Waals surface area contributed by atoms with Gasteiger partial charge in [-0.25, -0.2) is 4.39 Å². The predicted molar refractivity (Wildman–Crippen MR) is 57.3 cm³/mol. The third-order valence-corrected chi connectivity index (χ3v) is 3.18. The fourth-order valence-electron chi connectivity index (χ4n) is 1.98. The molecule has 1 aromatic rings. The van der Waals surface area contributed by atoms with Gasteiger partial charge in [0.2, 0.25) is 0 Å². The molecule has 2 rings (SSSR count).